The number of likely N-dealkylation sites (N-methyl/N-ethyl adjacent to an activating group) is 1. The molecule has 18 nitrogen and oxygen atoms in total. The summed E-state index contributed by atoms with van der Waals surface area (Å²) in [6.07, 6.45) is 3.43. The number of aromatic nitrogens is 6. The standard InChI is InChI=1S/C51H54N8O10/c1-6-34-37-20-33(61)8-9-41(37)52-47-39(34)24-58-43(47)22-36(40(49(58)65)26-68-27-60)29(4)69-51(67)55(5)25-46(64)57-16-12-30(13-17-57)11-15-56-18-14-31-19-32(7-10-42(31)56)59-48(53-54-50(59)66)38-21-35(28(2)3)44(62)23-45(38)63/h7-10,14,18-23,27-30,61-63H,6,11-13,15-17,24-26H2,1-5H3,(H,54,66). The Balaban J connectivity index is 0.812. The molecule has 2 aliphatic heterocycles. The first-order chi connectivity index (χ1) is 33.1. The summed E-state index contributed by atoms with van der Waals surface area (Å²) in [6.45, 7) is 9.28. The lowest BCUT2D eigenvalue weighted by atomic mass is 9.93. The van der Waals surface area contributed by atoms with Crippen molar-refractivity contribution in [2.75, 3.05) is 26.7 Å². The third-order valence-electron chi connectivity index (χ3n) is 13.6. The predicted molar refractivity (Wildman–Crippen MR) is 255 cm³/mol. The third kappa shape index (κ3) is 8.66. The summed E-state index contributed by atoms with van der Waals surface area (Å²) in [4.78, 5) is 60.2. The number of fused-ring (bicyclic) bond motifs is 5. The van der Waals surface area contributed by atoms with Crippen LogP contribution in [0.25, 0.3) is 50.3 Å². The van der Waals surface area contributed by atoms with E-state index in [1.165, 1.54) is 22.6 Å². The van der Waals surface area contributed by atoms with Gasteiger partial charge in [-0.3, -0.25) is 14.4 Å². The summed E-state index contributed by atoms with van der Waals surface area (Å²) in [6, 6.07) is 17.0. The SMILES string of the molecule is CCc1c2c(nc3ccc(O)cc13)-c1cc(C(C)OC(=O)N(C)CC(=O)N3CCC(CCn4ccc5cc(-n6c(O)nnc6-c6cc(C(C)C)c(O)cc6O)ccc54)CC3)c(COC=O)c(=O)n1C2. The molecule has 1 unspecified atom stereocenters. The number of ether oxygens (including phenoxy) is 2. The molecule has 6 heterocycles. The van der Waals surface area contributed by atoms with Gasteiger partial charge in [-0.15, -0.1) is 5.10 Å². The van der Waals surface area contributed by atoms with E-state index in [-0.39, 0.29) is 72.6 Å². The zero-order valence-electron chi connectivity index (χ0n) is 39.0. The van der Waals surface area contributed by atoms with Gasteiger partial charge in [-0.25, -0.2) is 14.3 Å². The van der Waals surface area contributed by atoms with Crippen LogP contribution in [-0.2, 0) is 45.2 Å². The number of nitrogens with zero attached hydrogens (tertiary/aromatic N) is 8. The molecule has 9 rings (SSSR count). The molecule has 1 saturated heterocycles. The van der Waals surface area contributed by atoms with E-state index in [1.54, 1.807) is 46.7 Å². The summed E-state index contributed by atoms with van der Waals surface area (Å²) in [5.74, 6) is 0.270. The second-order valence-electron chi connectivity index (χ2n) is 18.2. The molecule has 0 aliphatic carbocycles. The molecule has 2 amide bonds. The van der Waals surface area contributed by atoms with Crippen LogP contribution in [0, 0.1) is 5.92 Å². The first-order valence-corrected chi connectivity index (χ1v) is 23.1. The Morgan fingerprint density at radius 2 is 1.71 bits per heavy atom. The Labute approximate surface area is 396 Å². The van der Waals surface area contributed by atoms with Crippen LogP contribution in [0.3, 0.4) is 0 Å². The number of pyridine rings is 2. The highest BCUT2D eigenvalue weighted by Crippen LogP contribution is 2.41. The van der Waals surface area contributed by atoms with Crippen molar-refractivity contribution >= 4 is 40.3 Å². The fourth-order valence-electron chi connectivity index (χ4n) is 9.90. The number of carbonyl (C=O) groups excluding carboxylic acids is 3. The zero-order valence-corrected chi connectivity index (χ0v) is 39.0. The smallest absolute Gasteiger partial charge is 0.410 e. The van der Waals surface area contributed by atoms with Crippen LogP contribution in [0.1, 0.15) is 86.8 Å². The first kappa shape index (κ1) is 46.2. The molecule has 2 aliphatic rings. The molecule has 0 bridgehead atoms. The number of piperidine rings is 1. The highest BCUT2D eigenvalue weighted by atomic mass is 16.6. The van der Waals surface area contributed by atoms with E-state index in [0.717, 1.165) is 53.2 Å². The van der Waals surface area contributed by atoms with Gasteiger partial charge in [0.25, 0.3) is 12.0 Å². The van der Waals surface area contributed by atoms with E-state index >= 15 is 0 Å². The molecule has 3 aromatic carbocycles. The Hall–Kier alpha value is -7.89. The van der Waals surface area contributed by atoms with E-state index in [9.17, 15) is 39.6 Å². The summed E-state index contributed by atoms with van der Waals surface area (Å²) < 4.78 is 16.1. The summed E-state index contributed by atoms with van der Waals surface area (Å²) in [5.41, 5.74) is 6.28. The summed E-state index contributed by atoms with van der Waals surface area (Å²) >= 11 is 0. The molecule has 358 valence electrons. The van der Waals surface area contributed by atoms with E-state index in [4.69, 9.17) is 14.5 Å². The van der Waals surface area contributed by atoms with Gasteiger partial charge in [0.2, 0.25) is 5.91 Å². The molecule has 0 radical (unpaired) electrons. The van der Waals surface area contributed by atoms with Gasteiger partial charge in [0.1, 0.15) is 36.5 Å². The van der Waals surface area contributed by atoms with Crippen LogP contribution in [0.2, 0.25) is 0 Å². The second kappa shape index (κ2) is 18.7. The number of aryl methyl sites for hydroxylation is 2. The number of carbonyl (C=O) groups is 3. The van der Waals surface area contributed by atoms with Crippen molar-refractivity contribution in [3.05, 3.63) is 105 Å². The van der Waals surface area contributed by atoms with Gasteiger partial charge in [0.05, 0.1) is 40.3 Å². The van der Waals surface area contributed by atoms with Gasteiger partial charge < -0.3 is 48.8 Å². The molecule has 0 spiro atoms. The van der Waals surface area contributed by atoms with Crippen molar-refractivity contribution in [3.8, 4) is 51.7 Å². The van der Waals surface area contributed by atoms with E-state index in [1.807, 2.05) is 51.2 Å². The van der Waals surface area contributed by atoms with Crippen LogP contribution in [0.4, 0.5) is 4.79 Å². The average molecular weight is 939 g/mol. The van der Waals surface area contributed by atoms with E-state index < -0.39 is 17.8 Å². The lowest BCUT2D eigenvalue weighted by molar-refractivity contribution is -0.133. The lowest BCUT2D eigenvalue weighted by Gasteiger charge is -2.33. The van der Waals surface area contributed by atoms with Gasteiger partial charge in [-0.1, -0.05) is 25.9 Å². The largest absolute Gasteiger partial charge is 0.508 e. The first-order valence-electron chi connectivity index (χ1n) is 23.1. The summed E-state index contributed by atoms with van der Waals surface area (Å²) in [5, 5.41) is 51.9. The number of hydrogen-bond acceptors (Lipinski definition) is 13. The van der Waals surface area contributed by atoms with Gasteiger partial charge in [-0.05, 0) is 110 Å². The number of aromatic hydroxyl groups is 4. The molecule has 7 aromatic rings. The van der Waals surface area contributed by atoms with Crippen molar-refractivity contribution in [1.29, 1.82) is 0 Å². The predicted octanol–water partition coefficient (Wildman–Crippen LogP) is 7.27. The molecule has 1 atom stereocenters. The Bertz CT molecular complexity index is 3220. The van der Waals surface area contributed by atoms with Crippen LogP contribution >= 0.6 is 0 Å². The van der Waals surface area contributed by atoms with Crippen molar-refractivity contribution in [2.45, 2.75) is 85.1 Å². The molecule has 4 N–H and O–H groups in total. The normalized spacial score (nSPS) is 14.0. The number of hydrogen-bond donors (Lipinski definition) is 4. The summed E-state index contributed by atoms with van der Waals surface area (Å²) in [7, 11) is 1.49. The highest BCUT2D eigenvalue weighted by molar-refractivity contribution is 5.89. The Morgan fingerprint density at radius 3 is 2.45 bits per heavy atom. The number of rotatable bonds is 14. The van der Waals surface area contributed by atoms with E-state index in [0.29, 0.717) is 64.7 Å². The number of phenols is 3. The van der Waals surface area contributed by atoms with E-state index in [2.05, 4.69) is 14.8 Å². The molecule has 1 fully saturated rings. The van der Waals surface area contributed by atoms with Gasteiger partial charge in [-0.2, -0.15) is 0 Å². The topological polar surface area (TPSA) is 228 Å². The van der Waals surface area contributed by atoms with Crippen molar-refractivity contribution in [2.24, 2.45) is 5.92 Å². The van der Waals surface area contributed by atoms with Crippen molar-refractivity contribution in [1.82, 2.24) is 38.7 Å². The van der Waals surface area contributed by atoms with Crippen molar-refractivity contribution in [3.63, 3.8) is 0 Å². The minimum Gasteiger partial charge on any atom is -0.508 e. The van der Waals surface area contributed by atoms with Gasteiger partial charge in [0.15, 0.2) is 5.82 Å². The Kier molecular flexibility index (Phi) is 12.5. The van der Waals surface area contributed by atoms with Crippen LogP contribution in [0.5, 0.6) is 23.3 Å². The maximum absolute atomic E-state index is 14.0. The molecular weight excluding hydrogens is 885 g/mol. The number of likely N-dealkylation sites (tertiary alicyclic amines) is 1. The quantitative estimate of drug-likeness (QED) is 0.0788. The van der Waals surface area contributed by atoms with Crippen LogP contribution < -0.4 is 5.56 Å². The average Bonchev–Trinajstić information content (AvgIpc) is 4.04. The molecular formula is C51H54N8O10. The van der Waals surface area contributed by atoms with Gasteiger partial charge in [0, 0.05) is 66.4 Å². The van der Waals surface area contributed by atoms with Crippen LogP contribution in [-0.4, -0.2) is 104 Å². The fourth-order valence-corrected chi connectivity index (χ4v) is 9.90. The van der Waals surface area contributed by atoms with Gasteiger partial charge >= 0.3 is 12.1 Å². The fraction of sp³-hybridized carbons (Fsp3) is 0.353. The zero-order chi connectivity index (χ0) is 48.8. The van der Waals surface area contributed by atoms with Crippen molar-refractivity contribution < 1.29 is 44.3 Å². The third-order valence-corrected chi connectivity index (χ3v) is 13.6. The maximum Gasteiger partial charge on any atom is 0.410 e. The molecule has 18 heteroatoms. The lowest BCUT2D eigenvalue weighted by Crippen LogP contribution is -2.45. The number of amides is 2. The maximum atomic E-state index is 14.0. The van der Waals surface area contributed by atoms with Crippen LogP contribution in [0.15, 0.2) is 71.7 Å². The number of benzene rings is 3. The minimum absolute atomic E-state index is 0.0248. The molecule has 4 aromatic heterocycles. The molecule has 69 heavy (non-hydrogen) atoms. The second-order valence-corrected chi connectivity index (χ2v) is 18.2. The Morgan fingerprint density at radius 1 is 0.928 bits per heavy atom. The highest BCUT2D eigenvalue weighted by Gasteiger charge is 2.32. The number of phenolic OH excluding ortho intramolecular Hbond substituents is 3. The monoisotopic (exact) mass is 938 g/mol. The minimum atomic E-state index is -0.957. The molecule has 0 saturated carbocycles.